The van der Waals surface area contributed by atoms with Gasteiger partial charge in [0.05, 0.1) is 4.47 Å². The number of nitrogen functional groups attached to an aromatic ring is 1. The van der Waals surface area contributed by atoms with Gasteiger partial charge in [0, 0.05) is 12.7 Å². The average Bonchev–Trinajstić information content (AvgIpc) is 2.78. The summed E-state index contributed by atoms with van der Waals surface area (Å²) in [5.74, 6) is 1.86. The largest absolute Gasteiger partial charge is 0.368 e. The molecule has 0 unspecified atom stereocenters. The molecule has 1 aromatic heterocycles. The van der Waals surface area contributed by atoms with Crippen LogP contribution in [0.2, 0.25) is 0 Å². The number of hydrogen-bond donors (Lipinski definition) is 2. The zero-order valence-corrected chi connectivity index (χ0v) is 13.3. The lowest BCUT2D eigenvalue weighted by Crippen LogP contribution is -2.29. The van der Waals surface area contributed by atoms with Crippen molar-refractivity contribution in [2.75, 3.05) is 17.6 Å². The molecule has 0 saturated heterocycles. The molecule has 3 N–H and O–H groups in total. The molecule has 0 aliphatic heterocycles. The maximum absolute atomic E-state index is 5.64. The van der Waals surface area contributed by atoms with E-state index in [1.54, 1.807) is 6.20 Å². The molecule has 0 spiro atoms. The SMILES string of the molecule is CC(C)CC1(CNc2nc(N)ncc2Br)CCCC1. The number of nitrogens with zero attached hydrogens (tertiary/aromatic N) is 2. The lowest BCUT2D eigenvalue weighted by Gasteiger charge is -2.31. The zero-order chi connectivity index (χ0) is 13.9. The molecular weight excluding hydrogens is 304 g/mol. The Hall–Kier alpha value is -0.840. The summed E-state index contributed by atoms with van der Waals surface area (Å²) in [4.78, 5) is 8.22. The fourth-order valence-corrected chi connectivity index (χ4v) is 3.55. The quantitative estimate of drug-likeness (QED) is 0.862. The molecule has 4 nitrogen and oxygen atoms in total. The second-order valence-electron chi connectivity index (χ2n) is 6.08. The van der Waals surface area contributed by atoms with Crippen molar-refractivity contribution < 1.29 is 0 Å². The summed E-state index contributed by atoms with van der Waals surface area (Å²) < 4.78 is 0.874. The third-order valence-corrected chi connectivity index (χ3v) is 4.48. The van der Waals surface area contributed by atoms with Crippen LogP contribution in [0.25, 0.3) is 0 Å². The van der Waals surface area contributed by atoms with E-state index in [0.29, 0.717) is 11.4 Å². The van der Waals surface area contributed by atoms with Crippen molar-refractivity contribution in [2.45, 2.75) is 46.0 Å². The minimum Gasteiger partial charge on any atom is -0.368 e. The minimum atomic E-state index is 0.315. The number of nitrogens with two attached hydrogens (primary N) is 1. The second-order valence-corrected chi connectivity index (χ2v) is 6.94. The molecule has 106 valence electrons. The van der Waals surface area contributed by atoms with Gasteiger partial charge in [-0.05, 0) is 46.5 Å². The normalized spacial score (nSPS) is 17.9. The Morgan fingerprint density at radius 3 is 2.74 bits per heavy atom. The van der Waals surface area contributed by atoms with E-state index in [9.17, 15) is 0 Å². The number of aromatic nitrogens is 2. The smallest absolute Gasteiger partial charge is 0.221 e. The van der Waals surface area contributed by atoms with Crippen molar-refractivity contribution >= 4 is 27.7 Å². The van der Waals surface area contributed by atoms with Gasteiger partial charge in [-0.15, -0.1) is 0 Å². The number of halogens is 1. The highest BCUT2D eigenvalue weighted by atomic mass is 79.9. The monoisotopic (exact) mass is 326 g/mol. The van der Waals surface area contributed by atoms with E-state index in [-0.39, 0.29) is 0 Å². The van der Waals surface area contributed by atoms with Crippen LogP contribution >= 0.6 is 15.9 Å². The molecule has 1 fully saturated rings. The van der Waals surface area contributed by atoms with Crippen molar-refractivity contribution in [1.29, 1.82) is 0 Å². The highest BCUT2D eigenvalue weighted by Crippen LogP contribution is 2.43. The van der Waals surface area contributed by atoms with Crippen molar-refractivity contribution in [3.63, 3.8) is 0 Å². The van der Waals surface area contributed by atoms with Gasteiger partial charge in [-0.1, -0.05) is 26.7 Å². The maximum atomic E-state index is 5.64. The minimum absolute atomic E-state index is 0.315. The Balaban J connectivity index is 2.04. The summed E-state index contributed by atoms with van der Waals surface area (Å²) in [6, 6.07) is 0. The van der Waals surface area contributed by atoms with Crippen LogP contribution < -0.4 is 11.1 Å². The fraction of sp³-hybridized carbons (Fsp3) is 0.714. The lowest BCUT2D eigenvalue weighted by atomic mass is 9.78. The molecule has 1 aromatic rings. The van der Waals surface area contributed by atoms with Gasteiger partial charge in [0.1, 0.15) is 5.82 Å². The summed E-state index contributed by atoms with van der Waals surface area (Å²) >= 11 is 3.47. The molecule has 1 aliphatic carbocycles. The van der Waals surface area contributed by atoms with E-state index in [2.05, 4.69) is 45.1 Å². The van der Waals surface area contributed by atoms with Crippen LogP contribution in [-0.4, -0.2) is 16.5 Å². The van der Waals surface area contributed by atoms with Gasteiger partial charge in [0.2, 0.25) is 5.95 Å². The summed E-state index contributed by atoms with van der Waals surface area (Å²) in [6.07, 6.45) is 8.31. The number of rotatable bonds is 5. The summed E-state index contributed by atoms with van der Waals surface area (Å²) in [6.45, 7) is 5.58. The first-order valence-corrected chi connectivity index (χ1v) is 7.82. The topological polar surface area (TPSA) is 63.8 Å². The van der Waals surface area contributed by atoms with E-state index in [1.165, 1.54) is 32.1 Å². The van der Waals surface area contributed by atoms with Crippen molar-refractivity contribution in [3.05, 3.63) is 10.7 Å². The Morgan fingerprint density at radius 1 is 1.42 bits per heavy atom. The van der Waals surface area contributed by atoms with E-state index in [4.69, 9.17) is 5.73 Å². The molecule has 0 radical (unpaired) electrons. The first-order chi connectivity index (χ1) is 9.01. The summed E-state index contributed by atoms with van der Waals surface area (Å²) in [7, 11) is 0. The van der Waals surface area contributed by atoms with Gasteiger partial charge in [0.25, 0.3) is 0 Å². The van der Waals surface area contributed by atoms with E-state index in [0.717, 1.165) is 22.8 Å². The van der Waals surface area contributed by atoms with Gasteiger partial charge in [-0.2, -0.15) is 4.98 Å². The summed E-state index contributed by atoms with van der Waals surface area (Å²) in [5.41, 5.74) is 6.07. The molecule has 0 aromatic carbocycles. The van der Waals surface area contributed by atoms with E-state index >= 15 is 0 Å². The maximum Gasteiger partial charge on any atom is 0.221 e. The molecule has 2 rings (SSSR count). The second kappa shape index (κ2) is 6.07. The molecule has 1 heterocycles. The first-order valence-electron chi connectivity index (χ1n) is 7.03. The lowest BCUT2D eigenvalue weighted by molar-refractivity contribution is 0.252. The van der Waals surface area contributed by atoms with Crippen molar-refractivity contribution in [1.82, 2.24) is 9.97 Å². The predicted octanol–water partition coefficient (Wildman–Crippen LogP) is 3.84. The molecule has 0 bridgehead atoms. The summed E-state index contributed by atoms with van der Waals surface area (Å²) in [5, 5.41) is 3.46. The van der Waals surface area contributed by atoms with Gasteiger partial charge in [-0.25, -0.2) is 4.98 Å². The molecule has 5 heteroatoms. The Kier molecular flexibility index (Phi) is 4.66. The average molecular weight is 327 g/mol. The molecule has 19 heavy (non-hydrogen) atoms. The number of hydrogen-bond acceptors (Lipinski definition) is 4. The molecule has 1 saturated carbocycles. The molecule has 1 aliphatic rings. The number of anilines is 2. The van der Waals surface area contributed by atoms with Crippen LogP contribution in [0.5, 0.6) is 0 Å². The van der Waals surface area contributed by atoms with E-state index in [1.807, 2.05) is 0 Å². The van der Waals surface area contributed by atoms with Gasteiger partial charge in [0.15, 0.2) is 0 Å². The van der Waals surface area contributed by atoms with Crippen LogP contribution in [-0.2, 0) is 0 Å². The van der Waals surface area contributed by atoms with Crippen LogP contribution in [0.1, 0.15) is 46.0 Å². The molecular formula is C14H23BrN4. The highest BCUT2D eigenvalue weighted by molar-refractivity contribution is 9.10. The van der Waals surface area contributed by atoms with Gasteiger partial charge < -0.3 is 11.1 Å². The first kappa shape index (κ1) is 14.6. The zero-order valence-electron chi connectivity index (χ0n) is 11.7. The fourth-order valence-electron chi connectivity index (χ4n) is 3.22. The van der Waals surface area contributed by atoms with E-state index < -0.39 is 0 Å². The van der Waals surface area contributed by atoms with Crippen LogP contribution in [0, 0.1) is 11.3 Å². The Bertz CT molecular complexity index is 427. The highest BCUT2D eigenvalue weighted by Gasteiger charge is 2.34. The van der Waals surface area contributed by atoms with Crippen molar-refractivity contribution in [2.24, 2.45) is 11.3 Å². The third-order valence-electron chi connectivity index (χ3n) is 3.90. The van der Waals surface area contributed by atoms with Gasteiger partial charge >= 0.3 is 0 Å². The van der Waals surface area contributed by atoms with Crippen molar-refractivity contribution in [3.8, 4) is 0 Å². The Morgan fingerprint density at radius 2 is 2.11 bits per heavy atom. The van der Waals surface area contributed by atoms with Crippen LogP contribution in [0.4, 0.5) is 11.8 Å². The van der Waals surface area contributed by atoms with Gasteiger partial charge in [-0.3, -0.25) is 0 Å². The van der Waals surface area contributed by atoms with Crippen LogP contribution in [0.15, 0.2) is 10.7 Å². The van der Waals surface area contributed by atoms with Crippen LogP contribution in [0.3, 0.4) is 0 Å². The third kappa shape index (κ3) is 3.81. The molecule has 0 amide bonds. The number of nitrogens with one attached hydrogen (secondary N) is 1. The molecule has 0 atom stereocenters. The standard InChI is InChI=1S/C14H23BrN4/c1-10(2)7-14(5-3-4-6-14)9-18-12-11(15)8-17-13(16)19-12/h8,10H,3-7,9H2,1-2H3,(H3,16,17,18,19). The predicted molar refractivity (Wildman–Crippen MR) is 83.0 cm³/mol. The Labute approximate surface area is 123 Å².